The van der Waals surface area contributed by atoms with Gasteiger partial charge in [0.2, 0.25) is 0 Å². The average Bonchev–Trinajstić information content (AvgIpc) is 2.79. The van der Waals surface area contributed by atoms with Gasteiger partial charge in [-0.3, -0.25) is 9.59 Å². The topological polar surface area (TPSA) is 93.1 Å². The fourth-order valence-electron chi connectivity index (χ4n) is 4.91. The lowest BCUT2D eigenvalue weighted by atomic mass is 9.86. The zero-order valence-corrected chi connectivity index (χ0v) is 21.9. The average molecular weight is 481 g/mol. The second kappa shape index (κ2) is 13.6. The Morgan fingerprint density at radius 3 is 1.44 bits per heavy atom. The van der Waals surface area contributed by atoms with Gasteiger partial charge in [-0.25, -0.2) is 0 Å². The van der Waals surface area contributed by atoms with Gasteiger partial charge in [-0.1, -0.05) is 37.8 Å². The summed E-state index contributed by atoms with van der Waals surface area (Å²) < 4.78 is 12.6. The number of ether oxygens (including phenoxy) is 2. The van der Waals surface area contributed by atoms with E-state index in [0.717, 1.165) is 64.2 Å². The molecule has 0 amide bonds. The quantitative estimate of drug-likeness (QED) is 0.211. The first-order chi connectivity index (χ1) is 16.0. The van der Waals surface area contributed by atoms with Gasteiger partial charge < -0.3 is 19.7 Å². The SMILES string of the molecule is CC(C)(CCCCC1CCCC(C=CC2CCCC(CCCCC(C)(C)C(=O)O)O2)O1)C(=O)O. The Morgan fingerprint density at radius 2 is 1.09 bits per heavy atom. The number of carbonyl (C=O) groups is 2. The lowest BCUT2D eigenvalue weighted by Crippen LogP contribution is -2.29. The summed E-state index contributed by atoms with van der Waals surface area (Å²) in [4.78, 5) is 22.5. The number of carboxylic acid groups (broad SMARTS) is 2. The second-order valence-corrected chi connectivity index (χ2v) is 11.7. The van der Waals surface area contributed by atoms with Crippen molar-refractivity contribution in [3.05, 3.63) is 12.2 Å². The van der Waals surface area contributed by atoms with Crippen LogP contribution in [0.4, 0.5) is 0 Å². The number of unbranched alkanes of at least 4 members (excludes halogenated alkanes) is 2. The maximum atomic E-state index is 11.2. The highest BCUT2D eigenvalue weighted by Gasteiger charge is 2.28. The molecule has 2 heterocycles. The molecule has 6 nitrogen and oxygen atoms in total. The van der Waals surface area contributed by atoms with Gasteiger partial charge in [0.25, 0.3) is 0 Å². The molecule has 0 spiro atoms. The van der Waals surface area contributed by atoms with Crippen LogP contribution in [-0.2, 0) is 19.1 Å². The van der Waals surface area contributed by atoms with Gasteiger partial charge in [-0.15, -0.1) is 0 Å². The summed E-state index contributed by atoms with van der Waals surface area (Å²) in [5, 5.41) is 18.5. The summed E-state index contributed by atoms with van der Waals surface area (Å²) in [5.74, 6) is -1.44. The van der Waals surface area contributed by atoms with E-state index in [1.54, 1.807) is 27.7 Å². The molecular weight excluding hydrogens is 432 g/mol. The highest BCUT2D eigenvalue weighted by Crippen LogP contribution is 2.29. The molecule has 0 aromatic carbocycles. The zero-order chi connectivity index (χ0) is 25.2. The van der Waals surface area contributed by atoms with E-state index in [0.29, 0.717) is 12.8 Å². The molecule has 4 unspecified atom stereocenters. The summed E-state index contributed by atoms with van der Waals surface area (Å²) in [6.45, 7) is 7.19. The molecular formula is C28H48O6. The number of hydrogen-bond acceptors (Lipinski definition) is 4. The van der Waals surface area contributed by atoms with Crippen molar-refractivity contribution in [1.82, 2.24) is 0 Å². The van der Waals surface area contributed by atoms with Crippen LogP contribution in [0.25, 0.3) is 0 Å². The number of rotatable bonds is 14. The third-order valence-electron chi connectivity index (χ3n) is 7.62. The fraction of sp³-hybridized carbons (Fsp3) is 0.857. The van der Waals surface area contributed by atoms with Crippen molar-refractivity contribution < 1.29 is 29.3 Å². The van der Waals surface area contributed by atoms with Crippen LogP contribution in [0, 0.1) is 10.8 Å². The maximum absolute atomic E-state index is 11.2. The van der Waals surface area contributed by atoms with E-state index in [2.05, 4.69) is 12.2 Å². The Balaban J connectivity index is 1.67. The van der Waals surface area contributed by atoms with Crippen LogP contribution in [0.1, 0.15) is 118 Å². The molecule has 2 aliphatic rings. The van der Waals surface area contributed by atoms with Crippen LogP contribution >= 0.6 is 0 Å². The first-order valence-corrected chi connectivity index (χ1v) is 13.5. The van der Waals surface area contributed by atoms with E-state index in [1.165, 1.54) is 12.8 Å². The van der Waals surface area contributed by atoms with E-state index in [-0.39, 0.29) is 24.4 Å². The molecule has 2 saturated heterocycles. The second-order valence-electron chi connectivity index (χ2n) is 11.7. The Hall–Kier alpha value is -1.40. The van der Waals surface area contributed by atoms with E-state index < -0.39 is 22.8 Å². The molecule has 6 heteroatoms. The third-order valence-corrected chi connectivity index (χ3v) is 7.62. The smallest absolute Gasteiger partial charge is 0.309 e. The normalized spacial score (nSPS) is 26.6. The molecule has 2 aliphatic heterocycles. The van der Waals surface area contributed by atoms with Crippen molar-refractivity contribution in [1.29, 1.82) is 0 Å². The molecule has 0 saturated carbocycles. The van der Waals surface area contributed by atoms with Crippen LogP contribution in [-0.4, -0.2) is 46.6 Å². The molecule has 0 aliphatic carbocycles. The lowest BCUT2D eigenvalue weighted by Gasteiger charge is -2.31. The van der Waals surface area contributed by atoms with Gasteiger partial charge in [0, 0.05) is 0 Å². The van der Waals surface area contributed by atoms with Crippen molar-refractivity contribution in [2.24, 2.45) is 10.8 Å². The standard InChI is InChI=1S/C28H48O6/c1-27(2,25(29)30)19-7-5-11-21-13-9-15-23(33-21)17-18-24-16-10-14-22(34-24)12-6-8-20-28(3,4)26(31)32/h17-18,21-24H,5-16,19-20H2,1-4H3,(H,29,30)(H,31,32). The number of hydrogen-bond donors (Lipinski definition) is 2. The minimum atomic E-state index is -0.721. The van der Waals surface area contributed by atoms with Gasteiger partial charge in [0.1, 0.15) is 0 Å². The molecule has 196 valence electrons. The van der Waals surface area contributed by atoms with Crippen LogP contribution in [0.15, 0.2) is 12.2 Å². The van der Waals surface area contributed by atoms with Gasteiger partial charge >= 0.3 is 11.9 Å². The number of aliphatic carboxylic acids is 2. The van der Waals surface area contributed by atoms with Crippen molar-refractivity contribution in [2.75, 3.05) is 0 Å². The predicted molar refractivity (Wildman–Crippen MR) is 134 cm³/mol. The molecule has 2 rings (SSSR count). The highest BCUT2D eigenvalue weighted by atomic mass is 16.5. The van der Waals surface area contributed by atoms with Crippen LogP contribution < -0.4 is 0 Å². The molecule has 0 radical (unpaired) electrons. The Bertz CT molecular complexity index is 612. The summed E-state index contributed by atoms with van der Waals surface area (Å²) in [5.41, 5.74) is -1.29. The van der Waals surface area contributed by atoms with Crippen molar-refractivity contribution in [3.63, 3.8) is 0 Å². The summed E-state index contributed by atoms with van der Waals surface area (Å²) in [6, 6.07) is 0. The van der Waals surface area contributed by atoms with Gasteiger partial charge in [0.15, 0.2) is 0 Å². The first kappa shape index (κ1) is 28.8. The van der Waals surface area contributed by atoms with Gasteiger partial charge in [-0.05, 0) is 91.9 Å². The monoisotopic (exact) mass is 480 g/mol. The number of carboxylic acids is 2. The fourth-order valence-corrected chi connectivity index (χ4v) is 4.91. The molecule has 2 fully saturated rings. The van der Waals surface area contributed by atoms with Crippen molar-refractivity contribution in [2.45, 2.75) is 142 Å². The predicted octanol–water partition coefficient (Wildman–Crippen LogP) is 6.76. The summed E-state index contributed by atoms with van der Waals surface area (Å²) in [7, 11) is 0. The molecule has 0 aromatic heterocycles. The lowest BCUT2D eigenvalue weighted by molar-refractivity contribution is -0.148. The van der Waals surface area contributed by atoms with E-state index in [9.17, 15) is 19.8 Å². The van der Waals surface area contributed by atoms with Crippen molar-refractivity contribution >= 4 is 11.9 Å². The summed E-state index contributed by atoms with van der Waals surface area (Å²) in [6.07, 6.45) is 19.1. The van der Waals surface area contributed by atoms with Crippen LogP contribution in [0.2, 0.25) is 0 Å². The Labute approximate surface area is 206 Å². The minimum Gasteiger partial charge on any atom is -0.481 e. The largest absolute Gasteiger partial charge is 0.481 e. The molecule has 34 heavy (non-hydrogen) atoms. The Kier molecular flexibility index (Phi) is 11.6. The maximum Gasteiger partial charge on any atom is 0.309 e. The van der Waals surface area contributed by atoms with Crippen LogP contribution in [0.5, 0.6) is 0 Å². The third kappa shape index (κ3) is 10.1. The highest BCUT2D eigenvalue weighted by molar-refractivity contribution is 5.73. The molecule has 4 atom stereocenters. The molecule has 0 aromatic rings. The zero-order valence-electron chi connectivity index (χ0n) is 21.9. The summed E-state index contributed by atoms with van der Waals surface area (Å²) >= 11 is 0. The molecule has 2 N–H and O–H groups in total. The van der Waals surface area contributed by atoms with Crippen molar-refractivity contribution in [3.8, 4) is 0 Å². The Morgan fingerprint density at radius 1 is 0.706 bits per heavy atom. The van der Waals surface area contributed by atoms with Gasteiger partial charge in [-0.2, -0.15) is 0 Å². The van der Waals surface area contributed by atoms with E-state index in [1.807, 2.05) is 0 Å². The minimum absolute atomic E-state index is 0.149. The van der Waals surface area contributed by atoms with E-state index >= 15 is 0 Å². The van der Waals surface area contributed by atoms with E-state index in [4.69, 9.17) is 9.47 Å². The first-order valence-electron chi connectivity index (χ1n) is 13.5. The van der Waals surface area contributed by atoms with Gasteiger partial charge in [0.05, 0.1) is 35.2 Å². The molecule has 0 bridgehead atoms. The van der Waals surface area contributed by atoms with Crippen LogP contribution in [0.3, 0.4) is 0 Å².